The van der Waals surface area contributed by atoms with Crippen molar-refractivity contribution in [1.82, 2.24) is 40.2 Å². The van der Waals surface area contributed by atoms with Gasteiger partial charge in [-0.3, -0.25) is 39.1 Å². The van der Waals surface area contributed by atoms with E-state index in [-0.39, 0.29) is 42.9 Å². The van der Waals surface area contributed by atoms with Crippen molar-refractivity contribution in [3.05, 3.63) is 101 Å². The highest BCUT2D eigenvalue weighted by atomic mass is 19.1. The fourth-order valence-corrected chi connectivity index (χ4v) is 9.28. The first-order chi connectivity index (χ1) is 30.2. The second-order valence-electron chi connectivity index (χ2n) is 16.9. The number of carbonyl (C=O) groups is 4. The van der Waals surface area contributed by atoms with Crippen molar-refractivity contribution in [2.75, 3.05) is 39.3 Å². The third-order valence-electron chi connectivity index (χ3n) is 12.7. The highest BCUT2D eigenvalue weighted by Crippen LogP contribution is 2.33. The molecule has 13 nitrogen and oxygen atoms in total. The van der Waals surface area contributed by atoms with E-state index in [9.17, 15) is 19.2 Å². The van der Waals surface area contributed by atoms with Gasteiger partial charge in [0.15, 0.2) is 0 Å². The van der Waals surface area contributed by atoms with Gasteiger partial charge in [-0.05, 0) is 86.5 Å². The summed E-state index contributed by atoms with van der Waals surface area (Å²) in [6.45, 7) is 4.85. The van der Waals surface area contributed by atoms with Crippen LogP contribution in [0, 0.1) is 11.6 Å². The lowest BCUT2D eigenvalue weighted by atomic mass is 9.98. The first-order valence-electron chi connectivity index (χ1n) is 21.9. The van der Waals surface area contributed by atoms with E-state index in [4.69, 9.17) is 14.8 Å². The number of nitrogens with one attached hydrogen (secondary N) is 2. The molecule has 0 bridgehead atoms. The minimum absolute atomic E-state index is 0.0241. The Bertz CT molecular complexity index is 2490. The van der Waals surface area contributed by atoms with Crippen LogP contribution in [0.4, 0.5) is 8.78 Å². The normalized spacial score (nSPS) is 20.0. The van der Waals surface area contributed by atoms with E-state index < -0.39 is 35.4 Å². The summed E-state index contributed by atoms with van der Waals surface area (Å²) in [6, 6.07) is 12.9. The zero-order valence-corrected chi connectivity index (χ0v) is 34.6. The van der Waals surface area contributed by atoms with E-state index in [1.54, 1.807) is 18.3 Å². The number of benzene rings is 3. The number of imide groups is 2. The number of likely N-dealkylation sites (tertiary alicyclic amines) is 1. The molecule has 6 heterocycles. The van der Waals surface area contributed by atoms with E-state index >= 15 is 8.78 Å². The quantitative estimate of drug-likeness (QED) is 0.0977. The number of fused-ring (bicyclic) bond motifs is 2. The summed E-state index contributed by atoms with van der Waals surface area (Å²) in [5.74, 6) is -3.15. The Balaban J connectivity index is 0.725. The Morgan fingerprint density at radius 1 is 0.823 bits per heavy atom. The van der Waals surface area contributed by atoms with Gasteiger partial charge in [0.05, 0.1) is 59.0 Å². The number of amides is 4. The van der Waals surface area contributed by atoms with Gasteiger partial charge in [-0.2, -0.15) is 5.10 Å². The molecule has 2 N–H and O–H groups in total. The molecule has 0 saturated carbocycles. The first-order valence-corrected chi connectivity index (χ1v) is 21.9. The number of rotatable bonds is 14. The van der Waals surface area contributed by atoms with Gasteiger partial charge in [-0.25, -0.2) is 13.8 Å². The molecule has 4 amide bonds. The maximum absolute atomic E-state index is 15.4. The monoisotopic (exact) mass is 844 g/mol. The molecular weight excluding hydrogens is 795 g/mol. The fourth-order valence-electron chi connectivity index (χ4n) is 9.28. The predicted octanol–water partition coefficient (Wildman–Crippen LogP) is 6.20. The van der Waals surface area contributed by atoms with Crippen molar-refractivity contribution in [3.63, 3.8) is 0 Å². The fraction of sp³-hybridized carbons (Fsp3) is 0.426. The van der Waals surface area contributed by atoms with Crippen molar-refractivity contribution < 1.29 is 32.7 Å². The number of hydrogen-bond acceptors (Lipinski definition) is 10. The molecular formula is C47H50F2N8O5. The van der Waals surface area contributed by atoms with E-state index in [1.165, 1.54) is 12.1 Å². The average Bonchev–Trinajstić information content (AvgIpc) is 3.87. The van der Waals surface area contributed by atoms with Crippen LogP contribution in [0.2, 0.25) is 0 Å². The maximum Gasteiger partial charge on any atom is 0.262 e. The zero-order valence-electron chi connectivity index (χ0n) is 34.6. The van der Waals surface area contributed by atoms with Crippen molar-refractivity contribution in [2.45, 2.75) is 88.8 Å². The van der Waals surface area contributed by atoms with Gasteiger partial charge >= 0.3 is 0 Å². The Morgan fingerprint density at radius 3 is 2.40 bits per heavy atom. The van der Waals surface area contributed by atoms with Crippen molar-refractivity contribution in [2.24, 2.45) is 0 Å². The molecule has 322 valence electrons. The lowest BCUT2D eigenvalue weighted by Gasteiger charge is -2.32. The highest BCUT2D eigenvalue weighted by molar-refractivity contribution is 6.23. The number of halogens is 2. The molecule has 62 heavy (non-hydrogen) atoms. The molecule has 15 heteroatoms. The summed E-state index contributed by atoms with van der Waals surface area (Å²) in [7, 11) is 0. The number of carbonyl (C=O) groups excluding carboxylic acids is 4. The Labute approximate surface area is 358 Å². The van der Waals surface area contributed by atoms with E-state index in [0.29, 0.717) is 52.1 Å². The maximum atomic E-state index is 15.4. The van der Waals surface area contributed by atoms with Crippen LogP contribution in [-0.4, -0.2) is 105 Å². The summed E-state index contributed by atoms with van der Waals surface area (Å²) in [4.78, 5) is 63.2. The number of para-hydroxylation sites is 1. The standard InChI is InChI=1S/C47H50F2N8O5/c48-38-22-30(23-39(49)37(38)24-33-26-50-16-20-62-33)34-8-6-9-40-44(34)53-41(27-51-40)31-25-52-56(28-31)32-14-18-55(19-15-32)17-5-3-1-2-4-7-29-10-11-35-36(21-29)47(61)57(46(35)60)42-12-13-43(58)54-45(42)59/h6,8-11,21-23,25,27-28,32-33,42,50H,1-5,7,12-20,24,26H2,(H,54,58,59). The summed E-state index contributed by atoms with van der Waals surface area (Å²) in [5.41, 5.74) is 5.34. The summed E-state index contributed by atoms with van der Waals surface area (Å²) in [6.07, 6.45) is 13.9. The van der Waals surface area contributed by atoms with Crippen LogP contribution < -0.4 is 10.6 Å². The molecule has 2 aromatic heterocycles. The van der Waals surface area contributed by atoms with E-state index in [0.717, 1.165) is 93.6 Å². The van der Waals surface area contributed by atoms with Gasteiger partial charge in [-0.1, -0.05) is 37.5 Å². The topological polar surface area (TPSA) is 152 Å². The number of morpholine rings is 1. The predicted molar refractivity (Wildman–Crippen MR) is 227 cm³/mol. The molecule has 4 aliphatic heterocycles. The number of aromatic nitrogens is 4. The van der Waals surface area contributed by atoms with Crippen molar-refractivity contribution >= 4 is 34.7 Å². The number of ether oxygens (including phenoxy) is 1. The molecule has 4 aliphatic rings. The average molecular weight is 845 g/mol. The van der Waals surface area contributed by atoms with Crippen LogP contribution in [0.25, 0.3) is 33.4 Å². The van der Waals surface area contributed by atoms with Crippen molar-refractivity contribution in [1.29, 1.82) is 0 Å². The minimum atomic E-state index is -0.958. The van der Waals surface area contributed by atoms with E-state index in [1.807, 2.05) is 41.3 Å². The van der Waals surface area contributed by atoms with Crippen LogP contribution >= 0.6 is 0 Å². The number of aryl methyl sites for hydroxylation is 1. The van der Waals surface area contributed by atoms with Crippen LogP contribution in [0.1, 0.15) is 95.7 Å². The summed E-state index contributed by atoms with van der Waals surface area (Å²) in [5, 5.41) is 10.2. The third kappa shape index (κ3) is 8.79. The van der Waals surface area contributed by atoms with Gasteiger partial charge in [0, 0.05) is 61.9 Å². The van der Waals surface area contributed by atoms with Crippen LogP contribution in [0.3, 0.4) is 0 Å². The minimum Gasteiger partial charge on any atom is -0.375 e. The van der Waals surface area contributed by atoms with Gasteiger partial charge in [-0.15, -0.1) is 0 Å². The molecule has 5 aromatic rings. The molecule has 0 spiro atoms. The Hall–Kier alpha value is -5.77. The largest absolute Gasteiger partial charge is 0.375 e. The van der Waals surface area contributed by atoms with Crippen molar-refractivity contribution in [3.8, 4) is 22.4 Å². The first kappa shape index (κ1) is 41.6. The molecule has 2 atom stereocenters. The van der Waals surface area contributed by atoms with Crippen LogP contribution in [0.15, 0.2) is 67.1 Å². The molecule has 0 radical (unpaired) electrons. The number of hydrogen-bond donors (Lipinski definition) is 2. The molecule has 0 aliphatic carbocycles. The van der Waals surface area contributed by atoms with Crippen LogP contribution in [0.5, 0.6) is 0 Å². The second-order valence-corrected chi connectivity index (χ2v) is 16.9. The lowest BCUT2D eigenvalue weighted by molar-refractivity contribution is -0.136. The van der Waals surface area contributed by atoms with Gasteiger partial charge in [0.2, 0.25) is 11.8 Å². The smallest absolute Gasteiger partial charge is 0.262 e. The highest BCUT2D eigenvalue weighted by Gasteiger charge is 2.44. The number of nitrogens with zero attached hydrogens (tertiary/aromatic N) is 6. The number of piperidine rings is 2. The molecule has 9 rings (SSSR count). The van der Waals surface area contributed by atoms with Crippen LogP contribution in [-0.2, 0) is 27.2 Å². The Morgan fingerprint density at radius 2 is 1.61 bits per heavy atom. The van der Waals surface area contributed by atoms with Gasteiger partial charge in [0.25, 0.3) is 11.8 Å². The Kier molecular flexibility index (Phi) is 12.3. The summed E-state index contributed by atoms with van der Waals surface area (Å²) < 4.78 is 38.5. The van der Waals surface area contributed by atoms with Gasteiger partial charge in [0.1, 0.15) is 17.7 Å². The molecule has 3 fully saturated rings. The van der Waals surface area contributed by atoms with Gasteiger partial charge < -0.3 is 15.0 Å². The van der Waals surface area contributed by atoms with E-state index in [2.05, 4.69) is 20.5 Å². The zero-order chi connectivity index (χ0) is 42.7. The SMILES string of the molecule is O=C1CCC(N2C(=O)c3ccc(CCCCCCCN4CCC(n5cc(-c6cnc7cccc(-c8cc(F)c(CC9CNCCO9)c(F)c8)c7n6)cn5)CC4)cc3C2=O)C(=O)N1. The second kappa shape index (κ2) is 18.3. The molecule has 3 aromatic carbocycles. The third-order valence-corrected chi connectivity index (χ3v) is 12.7. The number of unbranched alkanes of at least 4 members (excludes halogenated alkanes) is 4. The lowest BCUT2D eigenvalue weighted by Crippen LogP contribution is -2.54. The summed E-state index contributed by atoms with van der Waals surface area (Å²) >= 11 is 0. The molecule has 3 saturated heterocycles. The molecule has 2 unspecified atom stereocenters.